The Kier molecular flexibility index (Phi) is 16.1. The second-order valence-corrected chi connectivity index (χ2v) is 15.1. The minimum atomic E-state index is -0.434. The van der Waals surface area contributed by atoms with Crippen LogP contribution >= 0.6 is 0 Å². The number of hydrogen-bond donors (Lipinski definition) is 3. The molecule has 2 aromatic rings. The lowest BCUT2D eigenvalue weighted by molar-refractivity contribution is -0.139. The smallest absolute Gasteiger partial charge is 0.231 e. The molecule has 10 nitrogen and oxygen atoms in total. The number of benzene rings is 2. The summed E-state index contributed by atoms with van der Waals surface area (Å²) in [4.78, 5) is 33.7. The van der Waals surface area contributed by atoms with E-state index < -0.39 is 5.41 Å². The molecule has 5 N–H and O–H groups in total. The topological polar surface area (TPSA) is 141 Å². The highest BCUT2D eigenvalue weighted by Crippen LogP contribution is 2.63. The first-order valence-electron chi connectivity index (χ1n) is 18.8. The van der Waals surface area contributed by atoms with Crippen LogP contribution in [0.3, 0.4) is 0 Å². The van der Waals surface area contributed by atoms with E-state index in [9.17, 15) is 4.79 Å². The summed E-state index contributed by atoms with van der Waals surface area (Å²) in [6, 6.07) is 14.1. The fourth-order valence-electron chi connectivity index (χ4n) is 8.41. The Morgan fingerprint density at radius 1 is 1.15 bits per heavy atom. The van der Waals surface area contributed by atoms with Crippen LogP contribution in [0.15, 0.2) is 41.4 Å². The van der Waals surface area contributed by atoms with Gasteiger partial charge in [-0.3, -0.25) is 15.0 Å². The highest BCUT2D eigenvalue weighted by atomic mass is 16.5. The Bertz CT molecular complexity index is 1650. The van der Waals surface area contributed by atoms with E-state index in [0.29, 0.717) is 17.7 Å². The number of aliphatic imine (C=N–C) groups is 1. The van der Waals surface area contributed by atoms with Crippen LogP contribution in [0.4, 0.5) is 5.69 Å². The number of ether oxygens (including phenoxy) is 1. The van der Waals surface area contributed by atoms with E-state index in [1.54, 1.807) is 21.0 Å². The normalized spacial score (nSPS) is 24.3. The van der Waals surface area contributed by atoms with Crippen molar-refractivity contribution in [2.24, 2.45) is 27.8 Å². The van der Waals surface area contributed by atoms with E-state index in [2.05, 4.69) is 115 Å². The molecule has 4 unspecified atom stereocenters. The Balaban J connectivity index is 0.000000553. The number of allylic oxidation sites excluding steroid dienone is 1. The third-order valence-corrected chi connectivity index (χ3v) is 10.8. The molecule has 2 saturated carbocycles. The maximum atomic E-state index is 14.9. The summed E-state index contributed by atoms with van der Waals surface area (Å²) in [5.41, 5.74) is 16.6. The van der Waals surface area contributed by atoms with E-state index in [0.717, 1.165) is 44.4 Å². The number of terminal acetylenes is 1. The predicted octanol–water partition coefficient (Wildman–Crippen LogP) is 6.70. The van der Waals surface area contributed by atoms with Crippen LogP contribution in [0, 0.1) is 36.0 Å². The van der Waals surface area contributed by atoms with Crippen molar-refractivity contribution in [1.29, 1.82) is 5.41 Å². The van der Waals surface area contributed by atoms with Crippen LogP contribution in [-0.4, -0.2) is 87.7 Å². The summed E-state index contributed by atoms with van der Waals surface area (Å²) < 4.78 is 5.75. The first kappa shape index (κ1) is 42.8. The number of rotatable bonds is 6. The molecule has 2 heterocycles. The molecule has 1 saturated heterocycles. The van der Waals surface area contributed by atoms with E-state index in [1.807, 2.05) is 0 Å². The Morgan fingerprint density at radius 3 is 2.38 bits per heavy atom. The molecule has 4 atom stereocenters. The molecule has 53 heavy (non-hydrogen) atoms. The fourth-order valence-corrected chi connectivity index (χ4v) is 8.41. The molecule has 6 rings (SSSR count). The lowest BCUT2D eigenvalue weighted by atomic mass is 9.78. The first-order chi connectivity index (χ1) is 25.3. The van der Waals surface area contributed by atoms with E-state index in [1.165, 1.54) is 65.6 Å². The number of anilines is 1. The van der Waals surface area contributed by atoms with E-state index >= 15 is 0 Å². The zero-order chi connectivity index (χ0) is 39.3. The molecule has 3 fully saturated rings. The van der Waals surface area contributed by atoms with Gasteiger partial charge in [-0.1, -0.05) is 43.5 Å². The second-order valence-electron chi connectivity index (χ2n) is 15.1. The number of nitrogens with zero attached hydrogens (tertiary/aromatic N) is 4. The quantitative estimate of drug-likeness (QED) is 0.131. The zero-order valence-corrected chi connectivity index (χ0v) is 33.3. The summed E-state index contributed by atoms with van der Waals surface area (Å²) in [5, 5.41) is 6.34. The highest BCUT2D eigenvalue weighted by Gasteiger charge is 2.64. The number of fused-ring (bicyclic) bond motifs is 4. The number of carbonyl (C=O) groups excluding carboxylic acids is 2. The van der Waals surface area contributed by atoms with Gasteiger partial charge in [0, 0.05) is 49.4 Å². The molecule has 2 aliphatic heterocycles. The average Bonchev–Trinajstić information content (AvgIpc) is 3.74. The second kappa shape index (κ2) is 20.0. The van der Waals surface area contributed by atoms with Crippen molar-refractivity contribution in [3.8, 4) is 18.1 Å². The molecule has 0 spiro atoms. The minimum Gasteiger partial charge on any atom is -0.497 e. The molecule has 0 aromatic heterocycles. The number of aryl methyl sites for hydroxylation is 1. The van der Waals surface area contributed by atoms with Gasteiger partial charge in [0.05, 0.1) is 18.4 Å². The lowest BCUT2D eigenvalue weighted by Crippen LogP contribution is -2.50. The van der Waals surface area contributed by atoms with Gasteiger partial charge in [-0.25, -0.2) is 4.99 Å². The van der Waals surface area contributed by atoms with Gasteiger partial charge in [-0.15, -0.1) is 12.3 Å². The number of likely N-dealkylation sites (N-methyl/N-ethyl adjacent to an activating group) is 1. The van der Waals surface area contributed by atoms with Gasteiger partial charge in [-0.05, 0) is 120 Å². The number of nitrogens with two attached hydrogens (primary N) is 2. The van der Waals surface area contributed by atoms with Gasteiger partial charge in [0.25, 0.3) is 0 Å². The van der Waals surface area contributed by atoms with Gasteiger partial charge in [0.15, 0.2) is 0 Å². The largest absolute Gasteiger partial charge is 0.497 e. The lowest BCUT2D eigenvalue weighted by Gasteiger charge is -2.37. The molecule has 0 bridgehead atoms. The van der Waals surface area contributed by atoms with Crippen molar-refractivity contribution >= 4 is 41.8 Å². The van der Waals surface area contributed by atoms with Crippen molar-refractivity contribution in [3.05, 3.63) is 58.7 Å². The van der Waals surface area contributed by atoms with Crippen LogP contribution in [0.5, 0.6) is 5.75 Å². The summed E-state index contributed by atoms with van der Waals surface area (Å²) in [7, 11) is 8.22. The third kappa shape index (κ3) is 10.7. The number of carbonyl (C=O) groups is 2. The molecule has 2 aliphatic carbocycles. The van der Waals surface area contributed by atoms with Crippen LogP contribution < -0.4 is 21.1 Å². The molecule has 0 radical (unpaired) electrons. The van der Waals surface area contributed by atoms with Crippen molar-refractivity contribution < 1.29 is 14.3 Å². The molecule has 2 amide bonds. The SMILES string of the molecule is C#CC.CC(N)=NC=N.COc1ccc2c(c1)C1CC1(C(=O)N1C(C)CCC1CN(C)C)CN(C)c1cc(C)ccc1/C(C1CCCCC1)=C/2.NC=O. The zero-order valence-electron chi connectivity index (χ0n) is 33.3. The average molecular weight is 726 g/mol. The first-order valence-corrected chi connectivity index (χ1v) is 18.8. The summed E-state index contributed by atoms with van der Waals surface area (Å²) in [6.07, 6.45) is 17.8. The van der Waals surface area contributed by atoms with Crippen molar-refractivity contribution in [2.45, 2.75) is 97.1 Å². The van der Waals surface area contributed by atoms with Crippen LogP contribution in [0.2, 0.25) is 0 Å². The van der Waals surface area contributed by atoms with Gasteiger partial charge < -0.3 is 30.9 Å². The molecule has 4 aliphatic rings. The maximum Gasteiger partial charge on any atom is 0.231 e. The van der Waals surface area contributed by atoms with Crippen molar-refractivity contribution in [1.82, 2.24) is 9.80 Å². The van der Waals surface area contributed by atoms with Gasteiger partial charge in [0.1, 0.15) is 12.1 Å². The maximum absolute atomic E-state index is 14.9. The molecule has 2 aromatic carbocycles. The molecule has 10 heteroatoms. The van der Waals surface area contributed by atoms with Crippen LogP contribution in [-0.2, 0) is 9.59 Å². The number of primary amides is 1. The highest BCUT2D eigenvalue weighted by molar-refractivity contribution is 5.93. The van der Waals surface area contributed by atoms with Crippen molar-refractivity contribution in [2.75, 3.05) is 46.2 Å². The third-order valence-electron chi connectivity index (χ3n) is 10.8. The Labute approximate surface area is 318 Å². The summed E-state index contributed by atoms with van der Waals surface area (Å²) in [6.45, 7) is 9.38. The number of amides is 2. The summed E-state index contributed by atoms with van der Waals surface area (Å²) in [5.74, 6) is 4.66. The van der Waals surface area contributed by atoms with Gasteiger partial charge in [0.2, 0.25) is 12.3 Å². The number of nitrogens with one attached hydrogen (secondary N) is 1. The Morgan fingerprint density at radius 2 is 1.81 bits per heavy atom. The van der Waals surface area contributed by atoms with Crippen LogP contribution in [0.1, 0.15) is 100 Å². The monoisotopic (exact) mass is 725 g/mol. The minimum absolute atomic E-state index is 0.186. The van der Waals surface area contributed by atoms with Gasteiger partial charge in [-0.2, -0.15) is 0 Å². The molecule has 288 valence electrons. The molecular formula is C43H63N7O3. The van der Waals surface area contributed by atoms with Crippen LogP contribution in [0.25, 0.3) is 11.6 Å². The standard InChI is InChI=1S/C36H49N3O2.C3H7N3.C3H4.CH3NO/c1-24-12-17-30-31(26-10-8-7-9-11-26)19-27-14-16-29(41-6)20-32(27)33-21-36(33,23-38(5)34(30)18-24)35(40)39-25(2)13-15-28(39)22-37(3)4;1-3(5)6-2-4;1-3-2;2-1-3/h12,14,16-20,25-26,28,33H,7-11,13,15,21-23H2,1-6H3;2H,1H3,(H3,4,5,6);1H,2H3;1H,(H2,2,3)/b31-19+;;;. The number of amidine groups is 1. The number of hydrogen-bond acceptors (Lipinski definition) is 6. The van der Waals surface area contributed by atoms with Gasteiger partial charge >= 0.3 is 0 Å². The fraction of sp³-hybridized carbons (Fsp3) is 0.535. The summed E-state index contributed by atoms with van der Waals surface area (Å²) >= 11 is 0. The molecular weight excluding hydrogens is 663 g/mol. The number of methoxy groups -OCH3 is 1. The van der Waals surface area contributed by atoms with Crippen molar-refractivity contribution in [3.63, 3.8) is 0 Å². The number of likely N-dealkylation sites (tertiary alicyclic amines) is 1. The Hall–Kier alpha value is -4.62. The van der Waals surface area contributed by atoms with E-state index in [4.69, 9.17) is 20.7 Å². The predicted molar refractivity (Wildman–Crippen MR) is 220 cm³/mol. The van der Waals surface area contributed by atoms with E-state index in [-0.39, 0.29) is 24.4 Å².